The van der Waals surface area contributed by atoms with Crippen molar-refractivity contribution >= 4 is 21.4 Å². The molecule has 0 N–H and O–H groups in total. The average molecular weight is 370 g/mol. The van der Waals surface area contributed by atoms with Crippen LogP contribution in [0.25, 0.3) is 0 Å². The molecule has 0 unspecified atom stereocenters. The molecule has 0 aliphatic heterocycles. The summed E-state index contributed by atoms with van der Waals surface area (Å²) in [5.41, 5.74) is 0. The first-order valence-corrected chi connectivity index (χ1v) is 16.3. The Morgan fingerprint density at radius 1 is 0.421 bits per heavy atom. The SMILES string of the molecule is CCCCC[CH2][In]([CH2]CCCCC)[CH2]CCCCC. The van der Waals surface area contributed by atoms with Gasteiger partial charge in [0.05, 0.1) is 0 Å². The van der Waals surface area contributed by atoms with Crippen molar-refractivity contribution in [1.82, 2.24) is 0 Å². The summed E-state index contributed by atoms with van der Waals surface area (Å²) in [6, 6.07) is 0. The molecule has 0 saturated carbocycles. The summed E-state index contributed by atoms with van der Waals surface area (Å²) in [5, 5.41) is 0. The van der Waals surface area contributed by atoms with Crippen LogP contribution in [0.15, 0.2) is 0 Å². The Morgan fingerprint density at radius 2 is 0.737 bits per heavy atom. The summed E-state index contributed by atoms with van der Waals surface area (Å²) in [5.74, 6) is 0. The molecule has 0 saturated heterocycles. The molecule has 0 fully saturated rings. The van der Waals surface area contributed by atoms with Crippen LogP contribution in [0.5, 0.6) is 0 Å². The number of hydrogen-bond acceptors (Lipinski definition) is 0. The zero-order valence-corrected chi connectivity index (χ0v) is 17.5. The Kier molecular flexibility index (Phi) is 17.7. The fourth-order valence-corrected chi connectivity index (χ4v) is 12.9. The number of unbranched alkanes of at least 4 members (excludes halogenated alkanes) is 9. The van der Waals surface area contributed by atoms with Crippen LogP contribution in [0.2, 0.25) is 12.5 Å². The van der Waals surface area contributed by atoms with E-state index in [0.29, 0.717) is 0 Å². The van der Waals surface area contributed by atoms with E-state index < -0.39 is 21.4 Å². The zero-order valence-electron chi connectivity index (χ0n) is 14.2. The second kappa shape index (κ2) is 16.9. The van der Waals surface area contributed by atoms with Gasteiger partial charge in [-0.15, -0.1) is 0 Å². The van der Waals surface area contributed by atoms with Crippen LogP contribution in [0.3, 0.4) is 0 Å². The van der Waals surface area contributed by atoms with E-state index in [-0.39, 0.29) is 0 Å². The Labute approximate surface area is 131 Å². The third kappa shape index (κ3) is 15.1. The van der Waals surface area contributed by atoms with Crippen molar-refractivity contribution in [2.24, 2.45) is 0 Å². The molecule has 0 radical (unpaired) electrons. The van der Waals surface area contributed by atoms with E-state index in [0.717, 1.165) is 0 Å². The fraction of sp³-hybridized carbons (Fsp3) is 1.00. The quantitative estimate of drug-likeness (QED) is 0.267. The molecule has 114 valence electrons. The van der Waals surface area contributed by atoms with Gasteiger partial charge in [-0.1, -0.05) is 0 Å². The molecule has 0 amide bonds. The molecule has 0 heterocycles. The molecule has 0 rings (SSSR count). The molecule has 1 heteroatoms. The summed E-state index contributed by atoms with van der Waals surface area (Å²) in [6.07, 6.45) is 17.9. The average Bonchev–Trinajstić information content (AvgIpc) is 2.43. The molecule has 0 aromatic carbocycles. The topological polar surface area (TPSA) is 0 Å². The van der Waals surface area contributed by atoms with E-state index in [1.807, 2.05) is 0 Å². The summed E-state index contributed by atoms with van der Waals surface area (Å²) >= 11 is -1.08. The van der Waals surface area contributed by atoms with Gasteiger partial charge in [0.15, 0.2) is 0 Å². The van der Waals surface area contributed by atoms with Crippen molar-refractivity contribution in [2.75, 3.05) is 0 Å². The Bertz CT molecular complexity index is 127. The van der Waals surface area contributed by atoms with Gasteiger partial charge in [-0.25, -0.2) is 0 Å². The Hall–Kier alpha value is 0.870. The predicted octanol–water partition coefficient (Wildman–Crippen LogP) is 7.22. The maximum atomic E-state index is 2.33. The van der Waals surface area contributed by atoms with Crippen LogP contribution in [0.1, 0.15) is 97.8 Å². The van der Waals surface area contributed by atoms with Crippen molar-refractivity contribution in [3.63, 3.8) is 0 Å². The monoisotopic (exact) mass is 370 g/mol. The normalized spacial score (nSPS) is 10.9. The van der Waals surface area contributed by atoms with Gasteiger partial charge < -0.3 is 0 Å². The molecule has 0 nitrogen and oxygen atoms in total. The Morgan fingerprint density at radius 3 is 1.00 bits per heavy atom. The van der Waals surface area contributed by atoms with Gasteiger partial charge in [-0.3, -0.25) is 0 Å². The number of rotatable bonds is 15. The van der Waals surface area contributed by atoms with Crippen molar-refractivity contribution in [3.05, 3.63) is 0 Å². The molecule has 0 aliphatic rings. The first-order chi connectivity index (χ1) is 9.35. The van der Waals surface area contributed by atoms with E-state index in [2.05, 4.69) is 20.8 Å². The summed E-state index contributed by atoms with van der Waals surface area (Å²) < 4.78 is 5.17. The molecule has 0 bridgehead atoms. The summed E-state index contributed by atoms with van der Waals surface area (Å²) in [7, 11) is 0. The predicted molar refractivity (Wildman–Crippen MR) is 92.6 cm³/mol. The molecule has 19 heavy (non-hydrogen) atoms. The van der Waals surface area contributed by atoms with Crippen molar-refractivity contribution in [3.8, 4) is 0 Å². The molecule has 0 aromatic heterocycles. The molecular formula is C18H39In. The van der Waals surface area contributed by atoms with Gasteiger partial charge in [-0.05, 0) is 0 Å². The standard InChI is InChI=1S/3C6H13.In/c3*1-3-5-6-4-2;/h3*1,3-6H2,2H3;. The van der Waals surface area contributed by atoms with E-state index in [9.17, 15) is 0 Å². The van der Waals surface area contributed by atoms with Gasteiger partial charge >= 0.3 is 132 Å². The zero-order chi connectivity index (χ0) is 14.2. The third-order valence-corrected chi connectivity index (χ3v) is 14.9. The van der Waals surface area contributed by atoms with Crippen LogP contribution in [0, 0.1) is 0 Å². The number of hydrogen-bond donors (Lipinski definition) is 0. The molecule has 0 aliphatic carbocycles. The fourth-order valence-electron chi connectivity index (χ4n) is 3.01. The maximum absolute atomic E-state index is 2.33. The first kappa shape index (κ1) is 19.9. The van der Waals surface area contributed by atoms with Gasteiger partial charge in [-0.2, -0.15) is 0 Å². The van der Waals surface area contributed by atoms with Crippen LogP contribution >= 0.6 is 0 Å². The van der Waals surface area contributed by atoms with Gasteiger partial charge in [0.25, 0.3) is 0 Å². The molecule has 0 aromatic rings. The Balaban J connectivity index is 3.66. The first-order valence-electron chi connectivity index (χ1n) is 9.35. The van der Waals surface area contributed by atoms with Crippen molar-refractivity contribution in [2.45, 2.75) is 110 Å². The molecular weight excluding hydrogens is 331 g/mol. The van der Waals surface area contributed by atoms with Crippen molar-refractivity contribution < 1.29 is 0 Å². The van der Waals surface area contributed by atoms with E-state index >= 15 is 0 Å². The van der Waals surface area contributed by atoms with E-state index in [1.54, 1.807) is 31.8 Å². The third-order valence-electron chi connectivity index (χ3n) is 4.40. The van der Waals surface area contributed by atoms with E-state index in [1.165, 1.54) is 57.8 Å². The molecule has 0 atom stereocenters. The van der Waals surface area contributed by atoms with Gasteiger partial charge in [0, 0.05) is 0 Å². The summed E-state index contributed by atoms with van der Waals surface area (Å²) in [6.45, 7) is 6.99. The van der Waals surface area contributed by atoms with Gasteiger partial charge in [0.1, 0.15) is 0 Å². The molecule has 0 spiro atoms. The van der Waals surface area contributed by atoms with Crippen LogP contribution in [-0.2, 0) is 0 Å². The van der Waals surface area contributed by atoms with Gasteiger partial charge in [0.2, 0.25) is 0 Å². The van der Waals surface area contributed by atoms with Crippen LogP contribution < -0.4 is 0 Å². The van der Waals surface area contributed by atoms with Crippen molar-refractivity contribution in [1.29, 1.82) is 0 Å². The minimum absolute atomic E-state index is 1.08. The second-order valence-electron chi connectivity index (χ2n) is 6.41. The minimum atomic E-state index is -1.08. The van der Waals surface area contributed by atoms with Crippen LogP contribution in [0.4, 0.5) is 0 Å². The second-order valence-corrected chi connectivity index (χ2v) is 16.3. The van der Waals surface area contributed by atoms with E-state index in [4.69, 9.17) is 0 Å². The van der Waals surface area contributed by atoms with Crippen LogP contribution in [-0.4, -0.2) is 21.4 Å². The summed E-state index contributed by atoms with van der Waals surface area (Å²) in [4.78, 5) is 0.